The third-order valence-corrected chi connectivity index (χ3v) is 5.87. The number of ether oxygens (including phenoxy) is 1. The Bertz CT molecular complexity index is 854. The van der Waals surface area contributed by atoms with E-state index in [1.54, 1.807) is 18.2 Å². The van der Waals surface area contributed by atoms with Crippen molar-refractivity contribution in [2.75, 3.05) is 6.61 Å². The number of Topliss-reactive ketones (excluding diaryl/α,β-unsaturated/α-hetero) is 1. The van der Waals surface area contributed by atoms with E-state index in [1.165, 1.54) is 0 Å². The minimum Gasteiger partial charge on any atom is -0.508 e. The number of halogens is 4. The van der Waals surface area contributed by atoms with Gasteiger partial charge in [-0.1, -0.05) is 57.8 Å². The average molecular weight is 534 g/mol. The Morgan fingerprint density at radius 2 is 1.79 bits per heavy atom. The van der Waals surface area contributed by atoms with Gasteiger partial charge in [-0.2, -0.15) is 0 Å². The summed E-state index contributed by atoms with van der Waals surface area (Å²) in [5, 5.41) is 10.00. The Balaban J connectivity index is 2.08. The van der Waals surface area contributed by atoms with Crippen LogP contribution in [-0.4, -0.2) is 23.4 Å². The van der Waals surface area contributed by atoms with Gasteiger partial charge in [-0.15, -0.1) is 0 Å². The molecule has 2 aromatic rings. The predicted molar refractivity (Wildman–Crippen MR) is 117 cm³/mol. The molecule has 0 atom stereocenters. The number of benzene rings is 2. The first-order valence-electron chi connectivity index (χ1n) is 9.28. The largest absolute Gasteiger partial charge is 0.508 e. The second-order valence-corrected chi connectivity index (χ2v) is 9.20. The summed E-state index contributed by atoms with van der Waals surface area (Å²) in [5.74, 6) is -2.25. The van der Waals surface area contributed by atoms with Gasteiger partial charge in [-0.3, -0.25) is 4.79 Å². The van der Waals surface area contributed by atoms with E-state index in [0.717, 1.165) is 32.6 Å². The normalized spacial score (nSPS) is 11.7. The van der Waals surface area contributed by atoms with Gasteiger partial charge in [0.05, 0.1) is 0 Å². The molecule has 0 fully saturated rings. The molecule has 0 aliphatic rings. The third-order valence-electron chi connectivity index (χ3n) is 4.45. The number of phenolic OH excluding ortho intramolecular Hbond substituents is 1. The maximum absolute atomic E-state index is 12.8. The summed E-state index contributed by atoms with van der Waals surface area (Å²) >= 11 is 7.08. The van der Waals surface area contributed by atoms with Gasteiger partial charge in [0.1, 0.15) is 18.1 Å². The van der Waals surface area contributed by atoms with Crippen molar-refractivity contribution in [1.82, 2.24) is 0 Å². The lowest BCUT2D eigenvalue weighted by Crippen LogP contribution is -2.16. The Morgan fingerprint density at radius 3 is 2.34 bits per heavy atom. The fourth-order valence-electron chi connectivity index (χ4n) is 2.81. The van der Waals surface area contributed by atoms with E-state index in [2.05, 4.69) is 31.9 Å². The van der Waals surface area contributed by atoms with E-state index in [4.69, 9.17) is 4.74 Å². The van der Waals surface area contributed by atoms with Crippen molar-refractivity contribution in [3.63, 3.8) is 0 Å². The van der Waals surface area contributed by atoms with Gasteiger partial charge >= 0.3 is 0 Å². The smallest absolute Gasteiger partial charge is 0.245 e. The first kappa shape index (κ1) is 23.8. The molecule has 2 aromatic carbocycles. The molecule has 29 heavy (non-hydrogen) atoms. The van der Waals surface area contributed by atoms with Crippen LogP contribution in [0.15, 0.2) is 39.3 Å². The SMILES string of the molecule is CC(C)c1cc(Cc2c(Br)cc(OCC(=O)CCC(C)(F)F)cc2Br)ccc1O. The van der Waals surface area contributed by atoms with Crippen LogP contribution in [0, 0.1) is 0 Å². The molecule has 3 nitrogen and oxygen atoms in total. The highest BCUT2D eigenvalue weighted by atomic mass is 79.9. The van der Waals surface area contributed by atoms with E-state index < -0.39 is 12.3 Å². The number of hydrogen-bond donors (Lipinski definition) is 1. The van der Waals surface area contributed by atoms with E-state index in [-0.39, 0.29) is 30.5 Å². The van der Waals surface area contributed by atoms with Crippen LogP contribution in [0.3, 0.4) is 0 Å². The summed E-state index contributed by atoms with van der Waals surface area (Å²) in [6.07, 6.45) is -0.0680. The molecule has 0 saturated carbocycles. The lowest BCUT2D eigenvalue weighted by atomic mass is 9.96. The number of phenols is 1. The summed E-state index contributed by atoms with van der Waals surface area (Å²) in [6, 6.07) is 9.09. The highest BCUT2D eigenvalue weighted by Gasteiger charge is 2.22. The highest BCUT2D eigenvalue weighted by molar-refractivity contribution is 9.11. The number of carbonyl (C=O) groups is 1. The standard InChI is InChI=1S/C22H24Br2F2O3/c1-13(2)17-8-14(4-5-21(17)28)9-18-19(23)10-16(11-20(18)24)29-12-15(27)6-7-22(3,25)26/h4-5,8,10-11,13,28H,6-7,9,12H2,1-3H3. The average Bonchev–Trinajstić information content (AvgIpc) is 2.61. The van der Waals surface area contributed by atoms with E-state index in [1.807, 2.05) is 26.0 Å². The second-order valence-electron chi connectivity index (χ2n) is 7.49. The molecular formula is C22H24Br2F2O3. The van der Waals surface area contributed by atoms with Crippen LogP contribution < -0.4 is 4.74 Å². The fraction of sp³-hybridized carbons (Fsp3) is 0.409. The topological polar surface area (TPSA) is 46.5 Å². The van der Waals surface area contributed by atoms with Gasteiger partial charge in [-0.25, -0.2) is 8.78 Å². The first-order chi connectivity index (χ1) is 13.5. The van der Waals surface area contributed by atoms with Crippen LogP contribution in [0.4, 0.5) is 8.78 Å². The summed E-state index contributed by atoms with van der Waals surface area (Å²) in [4.78, 5) is 11.8. The maximum Gasteiger partial charge on any atom is 0.245 e. The molecule has 0 aromatic heterocycles. The van der Waals surface area contributed by atoms with Crippen molar-refractivity contribution < 1.29 is 23.4 Å². The van der Waals surface area contributed by atoms with Crippen molar-refractivity contribution >= 4 is 37.6 Å². The molecule has 0 heterocycles. The Labute approximate surface area is 186 Å². The predicted octanol–water partition coefficient (Wildman–Crippen LogP) is 7.01. The van der Waals surface area contributed by atoms with Crippen molar-refractivity contribution in [2.45, 2.75) is 51.9 Å². The van der Waals surface area contributed by atoms with Crippen LogP contribution in [0.2, 0.25) is 0 Å². The van der Waals surface area contributed by atoms with E-state index in [9.17, 15) is 18.7 Å². The number of ketones is 1. The van der Waals surface area contributed by atoms with Gasteiger partial charge in [0, 0.05) is 21.8 Å². The van der Waals surface area contributed by atoms with Crippen LogP contribution in [0.5, 0.6) is 11.5 Å². The fourth-order valence-corrected chi connectivity index (χ4v) is 4.23. The minimum atomic E-state index is -2.85. The number of hydrogen-bond acceptors (Lipinski definition) is 3. The quantitative estimate of drug-likeness (QED) is 0.377. The Morgan fingerprint density at radius 1 is 1.17 bits per heavy atom. The third kappa shape index (κ3) is 7.37. The van der Waals surface area contributed by atoms with E-state index in [0.29, 0.717) is 12.2 Å². The van der Waals surface area contributed by atoms with Gasteiger partial charge in [0.2, 0.25) is 5.92 Å². The van der Waals surface area contributed by atoms with Crippen LogP contribution in [0.25, 0.3) is 0 Å². The minimum absolute atomic E-state index is 0.211. The molecule has 0 unspecified atom stereocenters. The molecule has 0 saturated heterocycles. The monoisotopic (exact) mass is 532 g/mol. The zero-order chi connectivity index (χ0) is 21.8. The molecule has 1 N–H and O–H groups in total. The number of aromatic hydroxyl groups is 1. The molecule has 158 valence electrons. The van der Waals surface area contributed by atoms with Gasteiger partial charge < -0.3 is 9.84 Å². The first-order valence-corrected chi connectivity index (χ1v) is 10.9. The van der Waals surface area contributed by atoms with Crippen molar-refractivity contribution in [1.29, 1.82) is 0 Å². The van der Waals surface area contributed by atoms with Gasteiger partial charge in [0.15, 0.2) is 5.78 Å². The molecule has 0 aliphatic heterocycles. The van der Waals surface area contributed by atoms with Crippen molar-refractivity contribution in [3.8, 4) is 11.5 Å². The zero-order valence-corrected chi connectivity index (χ0v) is 19.7. The summed E-state index contributed by atoms with van der Waals surface area (Å²) < 4.78 is 32.8. The molecule has 2 rings (SSSR count). The zero-order valence-electron chi connectivity index (χ0n) is 16.6. The molecular weight excluding hydrogens is 510 g/mol. The second kappa shape index (κ2) is 10.0. The van der Waals surface area contributed by atoms with Crippen LogP contribution >= 0.6 is 31.9 Å². The Kier molecular flexibility index (Phi) is 8.23. The van der Waals surface area contributed by atoms with Crippen molar-refractivity contribution in [3.05, 3.63) is 56.0 Å². The van der Waals surface area contributed by atoms with Crippen LogP contribution in [0.1, 0.15) is 56.2 Å². The summed E-state index contributed by atoms with van der Waals surface area (Å²) in [6.45, 7) is 4.61. The molecule has 0 aliphatic carbocycles. The summed E-state index contributed by atoms with van der Waals surface area (Å²) in [7, 11) is 0. The Hall–Kier alpha value is -1.47. The lowest BCUT2D eigenvalue weighted by molar-refractivity contribution is -0.122. The van der Waals surface area contributed by atoms with Gasteiger partial charge in [-0.05, 0) is 54.2 Å². The van der Waals surface area contributed by atoms with E-state index >= 15 is 0 Å². The maximum atomic E-state index is 12.8. The molecule has 0 amide bonds. The number of alkyl halides is 2. The molecule has 0 radical (unpaired) electrons. The molecule has 0 bridgehead atoms. The highest BCUT2D eigenvalue weighted by Crippen LogP contribution is 2.34. The van der Waals surface area contributed by atoms with Gasteiger partial charge in [0.25, 0.3) is 0 Å². The lowest BCUT2D eigenvalue weighted by Gasteiger charge is -2.14. The van der Waals surface area contributed by atoms with Crippen molar-refractivity contribution in [2.24, 2.45) is 0 Å². The number of rotatable bonds is 9. The molecule has 0 spiro atoms. The van der Waals surface area contributed by atoms with Crippen LogP contribution in [-0.2, 0) is 11.2 Å². The molecule has 7 heteroatoms. The number of carbonyl (C=O) groups excluding carboxylic acids is 1. The summed E-state index contributed by atoms with van der Waals surface area (Å²) in [5.41, 5.74) is 2.94.